The van der Waals surface area contributed by atoms with Crippen LogP contribution in [-0.4, -0.2) is 42.4 Å². The van der Waals surface area contributed by atoms with Gasteiger partial charge in [0.1, 0.15) is 6.07 Å². The molecule has 0 radical (unpaired) electrons. The molecular weight excluding hydrogens is 474 g/mol. The summed E-state index contributed by atoms with van der Waals surface area (Å²) in [5, 5.41) is 16.0. The summed E-state index contributed by atoms with van der Waals surface area (Å²) in [6.07, 6.45) is 0. The van der Waals surface area contributed by atoms with Crippen LogP contribution in [0.3, 0.4) is 0 Å². The van der Waals surface area contributed by atoms with Crippen LogP contribution in [0.15, 0.2) is 66.7 Å². The molecule has 0 bridgehead atoms. The van der Waals surface area contributed by atoms with E-state index >= 15 is 0 Å². The lowest BCUT2D eigenvalue weighted by molar-refractivity contribution is -0.123. The molecule has 0 saturated carbocycles. The predicted molar refractivity (Wildman–Crippen MR) is 150 cm³/mol. The average molecular weight is 508 g/mol. The molecule has 7 heteroatoms. The normalized spacial score (nSPS) is 19.4. The smallest absolute Gasteiger partial charge is 0.256 e. The second-order valence-corrected chi connectivity index (χ2v) is 11.1. The maximum atomic E-state index is 13.0. The molecule has 2 heterocycles. The Bertz CT molecular complexity index is 1430. The molecule has 2 atom stereocenters. The molecule has 2 aliphatic rings. The summed E-state index contributed by atoms with van der Waals surface area (Å²) in [5.41, 5.74) is 5.14. The zero-order valence-electron chi connectivity index (χ0n) is 22.3. The van der Waals surface area contributed by atoms with Crippen LogP contribution in [0.2, 0.25) is 0 Å². The highest BCUT2D eigenvalue weighted by molar-refractivity contribution is 6.07. The molecule has 3 aromatic rings. The van der Waals surface area contributed by atoms with Crippen molar-refractivity contribution in [3.05, 3.63) is 89.0 Å². The molecule has 38 heavy (non-hydrogen) atoms. The van der Waals surface area contributed by atoms with E-state index in [2.05, 4.69) is 45.6 Å². The second-order valence-electron chi connectivity index (χ2n) is 11.1. The van der Waals surface area contributed by atoms with Crippen LogP contribution in [-0.2, 0) is 4.79 Å². The molecule has 2 unspecified atom stereocenters. The minimum Gasteiger partial charge on any atom is -0.365 e. The Morgan fingerprint density at radius 1 is 1.03 bits per heavy atom. The van der Waals surface area contributed by atoms with Crippen LogP contribution in [0.4, 0.5) is 17.1 Å². The molecule has 0 aliphatic carbocycles. The lowest BCUT2D eigenvalue weighted by Crippen LogP contribution is -2.53. The lowest BCUT2D eigenvalue weighted by atomic mass is 9.92. The van der Waals surface area contributed by atoms with E-state index in [-0.39, 0.29) is 23.9 Å². The van der Waals surface area contributed by atoms with Gasteiger partial charge in [-0.05, 0) is 48.4 Å². The first-order valence-corrected chi connectivity index (χ1v) is 13.0. The van der Waals surface area contributed by atoms with E-state index in [9.17, 15) is 14.9 Å². The summed E-state index contributed by atoms with van der Waals surface area (Å²) in [6.45, 7) is 10.0. The molecule has 2 aliphatic heterocycles. The number of carbonyl (C=O) groups is 2. The van der Waals surface area contributed by atoms with Crippen molar-refractivity contribution in [1.82, 2.24) is 4.90 Å². The van der Waals surface area contributed by atoms with Crippen molar-refractivity contribution in [3.8, 4) is 6.07 Å². The SMILES string of the molecule is CC1CN(C2c3ccccc3NC(=O)c3ccccc32)CCN1c1ccc(NC(=O)C(C)(C)C)cc1C#N. The molecule has 5 rings (SSSR count). The van der Waals surface area contributed by atoms with Gasteiger partial charge in [-0.3, -0.25) is 14.5 Å². The number of piperazine rings is 1. The van der Waals surface area contributed by atoms with Gasteiger partial charge in [0.25, 0.3) is 5.91 Å². The van der Waals surface area contributed by atoms with E-state index in [4.69, 9.17) is 0 Å². The van der Waals surface area contributed by atoms with Crippen molar-refractivity contribution in [3.63, 3.8) is 0 Å². The Labute approximate surface area is 224 Å². The fourth-order valence-electron chi connectivity index (χ4n) is 5.39. The molecule has 3 aromatic carbocycles. The van der Waals surface area contributed by atoms with Gasteiger partial charge in [-0.15, -0.1) is 0 Å². The van der Waals surface area contributed by atoms with E-state index in [1.165, 1.54) is 0 Å². The number of benzene rings is 3. The second kappa shape index (κ2) is 9.96. The number of hydrogen-bond acceptors (Lipinski definition) is 5. The summed E-state index contributed by atoms with van der Waals surface area (Å²) in [5.74, 6) is -0.174. The van der Waals surface area contributed by atoms with Crippen LogP contribution < -0.4 is 15.5 Å². The summed E-state index contributed by atoms with van der Waals surface area (Å²) < 4.78 is 0. The molecule has 7 nitrogen and oxygen atoms in total. The van der Waals surface area contributed by atoms with Gasteiger partial charge in [0, 0.05) is 48.0 Å². The number of amides is 2. The van der Waals surface area contributed by atoms with E-state index < -0.39 is 5.41 Å². The fourth-order valence-corrected chi connectivity index (χ4v) is 5.39. The summed E-state index contributed by atoms with van der Waals surface area (Å²) >= 11 is 0. The van der Waals surface area contributed by atoms with Crippen molar-refractivity contribution in [2.75, 3.05) is 35.2 Å². The van der Waals surface area contributed by atoms with Crippen molar-refractivity contribution >= 4 is 28.9 Å². The van der Waals surface area contributed by atoms with Gasteiger partial charge in [0.15, 0.2) is 0 Å². The number of fused-ring (bicyclic) bond motifs is 2. The largest absolute Gasteiger partial charge is 0.365 e. The van der Waals surface area contributed by atoms with Gasteiger partial charge >= 0.3 is 0 Å². The molecule has 0 aromatic heterocycles. The topological polar surface area (TPSA) is 88.5 Å². The van der Waals surface area contributed by atoms with E-state index in [1.807, 2.05) is 69.3 Å². The first kappa shape index (κ1) is 25.5. The van der Waals surface area contributed by atoms with E-state index in [0.717, 1.165) is 42.1 Å². The quantitative estimate of drug-likeness (QED) is 0.495. The Morgan fingerprint density at radius 2 is 1.74 bits per heavy atom. The third-order valence-corrected chi connectivity index (χ3v) is 7.39. The van der Waals surface area contributed by atoms with E-state index in [0.29, 0.717) is 16.8 Å². The number of carbonyl (C=O) groups excluding carboxylic acids is 2. The Kier molecular flexibility index (Phi) is 6.68. The van der Waals surface area contributed by atoms with Crippen LogP contribution in [0, 0.1) is 16.7 Å². The van der Waals surface area contributed by atoms with Crippen LogP contribution in [0.5, 0.6) is 0 Å². The molecule has 2 amide bonds. The molecule has 1 fully saturated rings. The first-order valence-electron chi connectivity index (χ1n) is 13.0. The highest BCUT2D eigenvalue weighted by atomic mass is 16.2. The maximum absolute atomic E-state index is 13.0. The van der Waals surface area contributed by atoms with Crippen molar-refractivity contribution < 1.29 is 9.59 Å². The van der Waals surface area contributed by atoms with Crippen LogP contribution in [0.25, 0.3) is 0 Å². The number of anilines is 3. The highest BCUT2D eigenvalue weighted by Gasteiger charge is 2.35. The van der Waals surface area contributed by atoms with Crippen molar-refractivity contribution in [2.45, 2.75) is 39.8 Å². The summed E-state index contributed by atoms with van der Waals surface area (Å²) in [7, 11) is 0. The van der Waals surface area contributed by atoms with Gasteiger partial charge in [-0.2, -0.15) is 5.26 Å². The molecule has 0 spiro atoms. The highest BCUT2D eigenvalue weighted by Crippen LogP contribution is 2.40. The Balaban J connectivity index is 1.42. The van der Waals surface area contributed by atoms with Gasteiger partial charge in [-0.1, -0.05) is 57.2 Å². The Hall–Kier alpha value is -4.15. The standard InChI is InChI=1S/C31H33N5O2/c1-20-19-35(28-23-9-5-6-10-24(23)29(37)34-26-12-8-7-11-25(26)28)15-16-36(20)27-14-13-22(17-21(27)18-32)33-30(38)31(2,3)4/h5-14,17,20,28H,15-16,19H2,1-4H3,(H,33,38)(H,34,37). The summed E-state index contributed by atoms with van der Waals surface area (Å²) in [6, 6.07) is 23.8. The molecular formula is C31H33N5O2. The van der Waals surface area contributed by atoms with Crippen molar-refractivity contribution in [1.29, 1.82) is 5.26 Å². The Morgan fingerprint density at radius 3 is 2.45 bits per heavy atom. The van der Waals surface area contributed by atoms with Gasteiger partial charge in [0.2, 0.25) is 5.91 Å². The average Bonchev–Trinajstić information content (AvgIpc) is 3.02. The maximum Gasteiger partial charge on any atom is 0.256 e. The lowest BCUT2D eigenvalue weighted by Gasteiger charge is -2.45. The van der Waals surface area contributed by atoms with Crippen LogP contribution >= 0.6 is 0 Å². The third kappa shape index (κ3) is 4.75. The van der Waals surface area contributed by atoms with E-state index in [1.54, 1.807) is 6.07 Å². The minimum absolute atomic E-state index is 0.0589. The van der Waals surface area contributed by atoms with Gasteiger partial charge < -0.3 is 15.5 Å². The minimum atomic E-state index is -0.522. The number of nitrogens with zero attached hydrogens (tertiary/aromatic N) is 3. The number of nitriles is 1. The zero-order chi connectivity index (χ0) is 27.0. The number of para-hydroxylation sites is 1. The van der Waals surface area contributed by atoms with Gasteiger partial charge in [0.05, 0.1) is 17.3 Å². The molecule has 1 saturated heterocycles. The van der Waals surface area contributed by atoms with Crippen LogP contribution in [0.1, 0.15) is 60.8 Å². The number of hydrogen-bond donors (Lipinski definition) is 2. The number of rotatable bonds is 3. The third-order valence-electron chi connectivity index (χ3n) is 7.39. The van der Waals surface area contributed by atoms with Gasteiger partial charge in [-0.25, -0.2) is 0 Å². The number of nitrogens with one attached hydrogen (secondary N) is 2. The van der Waals surface area contributed by atoms with Crippen molar-refractivity contribution in [2.24, 2.45) is 5.41 Å². The summed E-state index contributed by atoms with van der Waals surface area (Å²) in [4.78, 5) is 30.2. The predicted octanol–water partition coefficient (Wildman–Crippen LogP) is 5.41. The fraction of sp³-hybridized carbons (Fsp3) is 0.323. The zero-order valence-corrected chi connectivity index (χ0v) is 22.3. The molecule has 194 valence electrons. The molecule has 2 N–H and O–H groups in total. The first-order chi connectivity index (χ1) is 18.2. The monoisotopic (exact) mass is 507 g/mol.